The lowest BCUT2D eigenvalue weighted by atomic mass is 9.96. The van der Waals surface area contributed by atoms with Gasteiger partial charge in [-0.05, 0) is 60.2 Å². The molecule has 3 unspecified atom stereocenters. The van der Waals surface area contributed by atoms with Gasteiger partial charge in [0.25, 0.3) is 5.92 Å². The molecule has 6 nitrogen and oxygen atoms in total. The second kappa shape index (κ2) is 9.26. The lowest BCUT2D eigenvalue weighted by Crippen LogP contribution is -2.51. The number of benzene rings is 3. The zero-order chi connectivity index (χ0) is 26.7. The van der Waals surface area contributed by atoms with Gasteiger partial charge in [-0.25, -0.2) is 13.2 Å². The first-order chi connectivity index (χ1) is 18.9. The quantitative estimate of drug-likeness (QED) is 0.325. The molecule has 2 bridgehead atoms. The number of hydrogen-bond donors (Lipinski definition) is 2. The van der Waals surface area contributed by atoms with Crippen LogP contribution in [0.5, 0.6) is 11.8 Å². The smallest absolute Gasteiger partial charge is 0.319 e. The van der Waals surface area contributed by atoms with Crippen LogP contribution in [0, 0.1) is 11.7 Å². The topological polar surface area (TPSA) is 70.5 Å². The van der Waals surface area contributed by atoms with Gasteiger partial charge in [0, 0.05) is 42.5 Å². The van der Waals surface area contributed by atoms with Crippen LogP contribution in [0.15, 0.2) is 48.5 Å². The van der Waals surface area contributed by atoms with Crippen molar-refractivity contribution < 1.29 is 23.0 Å². The number of halogens is 3. The van der Waals surface area contributed by atoms with Crippen molar-refractivity contribution in [2.45, 2.75) is 50.1 Å². The SMILES string of the molecule is Oc1cc(-c2ccc3c(N4CC5CCC(C4)N5)nc(OCC4CCCC4(F)F)nc3c2F)c2ccccc2c1. The molecule has 7 rings (SSSR count). The predicted octanol–water partition coefficient (Wildman–Crippen LogP) is 6.05. The molecule has 9 heteroatoms. The molecule has 0 spiro atoms. The minimum absolute atomic E-state index is 0.0318. The van der Waals surface area contributed by atoms with Crippen molar-refractivity contribution in [3.05, 3.63) is 54.3 Å². The number of nitrogens with one attached hydrogen (secondary N) is 1. The molecule has 1 saturated carbocycles. The molecule has 3 aliphatic rings. The third-order valence-corrected chi connectivity index (χ3v) is 8.49. The number of alkyl halides is 2. The number of ether oxygens (including phenoxy) is 1. The summed E-state index contributed by atoms with van der Waals surface area (Å²) < 4.78 is 50.7. The molecular formula is C30H29F3N4O2. The van der Waals surface area contributed by atoms with Crippen LogP contribution in [0.3, 0.4) is 0 Å². The molecule has 3 aromatic carbocycles. The summed E-state index contributed by atoms with van der Waals surface area (Å²) in [5, 5.41) is 16.1. The number of aromatic hydroxyl groups is 1. The molecule has 1 aromatic heterocycles. The van der Waals surface area contributed by atoms with E-state index in [1.807, 2.05) is 24.3 Å². The van der Waals surface area contributed by atoms with Crippen molar-refractivity contribution in [3.63, 3.8) is 0 Å². The fourth-order valence-electron chi connectivity index (χ4n) is 6.51. The van der Waals surface area contributed by atoms with Crippen LogP contribution in [0.2, 0.25) is 0 Å². The summed E-state index contributed by atoms with van der Waals surface area (Å²) in [6.45, 7) is 1.20. The Balaban J connectivity index is 1.35. The summed E-state index contributed by atoms with van der Waals surface area (Å²) in [7, 11) is 0. The maximum absolute atomic E-state index is 16.4. The van der Waals surface area contributed by atoms with E-state index in [2.05, 4.69) is 20.2 Å². The van der Waals surface area contributed by atoms with Crippen LogP contribution in [0.4, 0.5) is 19.0 Å². The van der Waals surface area contributed by atoms with Crippen LogP contribution >= 0.6 is 0 Å². The predicted molar refractivity (Wildman–Crippen MR) is 144 cm³/mol. The molecule has 2 saturated heterocycles. The van der Waals surface area contributed by atoms with Crippen molar-refractivity contribution >= 4 is 27.5 Å². The molecular weight excluding hydrogens is 505 g/mol. The second-order valence-electron chi connectivity index (χ2n) is 11.1. The van der Waals surface area contributed by atoms with Gasteiger partial charge >= 0.3 is 6.01 Å². The second-order valence-corrected chi connectivity index (χ2v) is 11.1. The average Bonchev–Trinajstić information content (AvgIpc) is 3.45. The summed E-state index contributed by atoms with van der Waals surface area (Å²) in [5.41, 5.74) is 0.898. The summed E-state index contributed by atoms with van der Waals surface area (Å²) >= 11 is 0. The van der Waals surface area contributed by atoms with E-state index in [4.69, 9.17) is 4.74 Å². The molecule has 2 N–H and O–H groups in total. The maximum atomic E-state index is 16.4. The fourth-order valence-corrected chi connectivity index (χ4v) is 6.51. The van der Waals surface area contributed by atoms with Gasteiger partial charge in [0.15, 0.2) is 5.82 Å². The van der Waals surface area contributed by atoms with Crippen LogP contribution in [0.1, 0.15) is 32.1 Å². The highest BCUT2D eigenvalue weighted by molar-refractivity contribution is 6.01. The van der Waals surface area contributed by atoms with Crippen LogP contribution in [0.25, 0.3) is 32.8 Å². The number of nitrogens with zero attached hydrogens (tertiary/aromatic N) is 3. The Morgan fingerprint density at radius 1 is 0.974 bits per heavy atom. The Morgan fingerprint density at radius 2 is 1.77 bits per heavy atom. The first kappa shape index (κ1) is 24.5. The largest absolute Gasteiger partial charge is 0.508 e. The van der Waals surface area contributed by atoms with Crippen LogP contribution in [-0.4, -0.2) is 52.8 Å². The molecule has 0 radical (unpaired) electrons. The van der Waals surface area contributed by atoms with E-state index in [1.165, 1.54) is 0 Å². The van der Waals surface area contributed by atoms with Gasteiger partial charge in [-0.2, -0.15) is 9.97 Å². The highest BCUT2D eigenvalue weighted by Crippen LogP contribution is 2.41. The van der Waals surface area contributed by atoms with Gasteiger partial charge in [-0.15, -0.1) is 0 Å². The fraction of sp³-hybridized carbons (Fsp3) is 0.400. The Labute approximate surface area is 223 Å². The lowest BCUT2D eigenvalue weighted by molar-refractivity contribution is -0.0514. The molecule has 0 amide bonds. The first-order valence-corrected chi connectivity index (χ1v) is 13.6. The van der Waals surface area contributed by atoms with Gasteiger partial charge in [-0.3, -0.25) is 0 Å². The van der Waals surface area contributed by atoms with E-state index < -0.39 is 17.7 Å². The van der Waals surface area contributed by atoms with Crippen LogP contribution in [-0.2, 0) is 0 Å². The minimum atomic E-state index is -2.79. The monoisotopic (exact) mass is 534 g/mol. The highest BCUT2D eigenvalue weighted by atomic mass is 19.3. The van der Waals surface area contributed by atoms with E-state index in [1.54, 1.807) is 24.3 Å². The van der Waals surface area contributed by atoms with E-state index >= 15 is 4.39 Å². The number of fused-ring (bicyclic) bond motifs is 4. The normalized spacial score (nSPS) is 24.1. The molecule has 2 aliphatic heterocycles. The molecule has 3 heterocycles. The molecule has 1 aliphatic carbocycles. The summed E-state index contributed by atoms with van der Waals surface area (Å²) in [6.07, 6.45) is 2.80. The van der Waals surface area contributed by atoms with E-state index in [0.717, 1.165) is 23.6 Å². The summed E-state index contributed by atoms with van der Waals surface area (Å²) in [5.74, 6) is -3.68. The zero-order valence-electron chi connectivity index (χ0n) is 21.3. The number of anilines is 1. The molecule has 39 heavy (non-hydrogen) atoms. The molecule has 202 valence electrons. The van der Waals surface area contributed by atoms with Gasteiger partial charge < -0.3 is 20.1 Å². The van der Waals surface area contributed by atoms with E-state index in [9.17, 15) is 13.9 Å². The van der Waals surface area contributed by atoms with Gasteiger partial charge in [-0.1, -0.05) is 30.3 Å². The first-order valence-electron chi connectivity index (χ1n) is 13.6. The van der Waals surface area contributed by atoms with Crippen molar-refractivity contribution in [1.29, 1.82) is 0 Å². The van der Waals surface area contributed by atoms with Crippen molar-refractivity contribution in [3.8, 4) is 22.9 Å². The van der Waals surface area contributed by atoms with Gasteiger partial charge in [0.2, 0.25) is 0 Å². The van der Waals surface area contributed by atoms with Gasteiger partial charge in [0.1, 0.15) is 23.7 Å². The van der Waals surface area contributed by atoms with Crippen molar-refractivity contribution in [1.82, 2.24) is 15.3 Å². The third-order valence-electron chi connectivity index (χ3n) is 8.49. The number of piperazine rings is 1. The zero-order valence-corrected chi connectivity index (χ0v) is 21.3. The van der Waals surface area contributed by atoms with E-state index in [0.29, 0.717) is 54.8 Å². The van der Waals surface area contributed by atoms with Gasteiger partial charge in [0.05, 0.1) is 5.92 Å². The number of phenolic OH excluding ortho intramolecular Hbond substituents is 1. The van der Waals surface area contributed by atoms with Crippen molar-refractivity contribution in [2.75, 3.05) is 24.6 Å². The van der Waals surface area contributed by atoms with Crippen LogP contribution < -0.4 is 15.0 Å². The van der Waals surface area contributed by atoms with Crippen molar-refractivity contribution in [2.24, 2.45) is 5.92 Å². The Hall–Kier alpha value is -3.59. The lowest BCUT2D eigenvalue weighted by Gasteiger charge is -2.34. The number of hydrogen-bond acceptors (Lipinski definition) is 6. The number of phenols is 1. The van der Waals surface area contributed by atoms with E-state index in [-0.39, 0.29) is 35.9 Å². The maximum Gasteiger partial charge on any atom is 0.319 e. The molecule has 3 fully saturated rings. The Morgan fingerprint density at radius 3 is 2.54 bits per heavy atom. The minimum Gasteiger partial charge on any atom is -0.508 e. The third kappa shape index (κ3) is 4.33. The highest BCUT2D eigenvalue weighted by Gasteiger charge is 2.44. The standard InChI is InChI=1S/C30H29F3N4O2/c31-26-23(25-13-21(38)12-17-4-1-2-6-22(17)25)9-10-24-27(26)35-29(39-16-18-5-3-11-30(18,32)33)36-28(24)37-14-19-7-8-20(15-37)34-19/h1-2,4,6,9-10,12-13,18-20,34,38H,3,5,7-8,11,14-16H2. The number of aromatic nitrogens is 2. The number of rotatable bonds is 5. The molecule has 4 aromatic rings. The molecule has 3 atom stereocenters. The Kier molecular flexibility index (Phi) is 5.80. The average molecular weight is 535 g/mol. The summed E-state index contributed by atoms with van der Waals surface area (Å²) in [4.78, 5) is 11.2. The summed E-state index contributed by atoms with van der Waals surface area (Å²) in [6, 6.07) is 14.7. The Bertz CT molecular complexity index is 1570.